The zero-order valence-electron chi connectivity index (χ0n) is 13.4. The lowest BCUT2D eigenvalue weighted by atomic mass is 10.2. The Balaban J connectivity index is 1.53. The number of piperazine rings is 1. The number of ether oxygens (including phenoxy) is 1. The quantitative estimate of drug-likeness (QED) is 0.631. The molecule has 3 heterocycles. The zero-order valence-corrected chi connectivity index (χ0v) is 13.4. The highest BCUT2D eigenvalue weighted by molar-refractivity contribution is 6.34. The molecule has 0 bridgehead atoms. The zero-order chi connectivity index (χ0) is 16.9. The van der Waals surface area contributed by atoms with E-state index >= 15 is 0 Å². The predicted octanol–water partition coefficient (Wildman–Crippen LogP) is -0.775. The molecule has 0 aliphatic carbocycles. The number of carbonyl (C=O) groups is 3. The molecule has 128 valence electrons. The summed E-state index contributed by atoms with van der Waals surface area (Å²) < 4.78 is 5.19. The Morgan fingerprint density at radius 2 is 1.46 bits per heavy atom. The van der Waals surface area contributed by atoms with Gasteiger partial charge in [0.2, 0.25) is 0 Å². The topological polar surface area (TPSA) is 83.1 Å². The van der Waals surface area contributed by atoms with E-state index in [1.54, 1.807) is 23.2 Å². The van der Waals surface area contributed by atoms with Crippen LogP contribution in [0.4, 0.5) is 0 Å². The first-order chi connectivity index (χ1) is 11.7. The van der Waals surface area contributed by atoms with Crippen LogP contribution in [0.2, 0.25) is 0 Å². The van der Waals surface area contributed by atoms with Crippen molar-refractivity contribution in [2.24, 2.45) is 0 Å². The minimum absolute atomic E-state index is 0.102. The van der Waals surface area contributed by atoms with Gasteiger partial charge in [-0.1, -0.05) is 0 Å². The number of pyridine rings is 1. The van der Waals surface area contributed by atoms with Crippen LogP contribution in [-0.2, 0) is 14.3 Å². The third kappa shape index (κ3) is 3.53. The molecule has 1 aromatic rings. The first kappa shape index (κ1) is 16.4. The minimum Gasteiger partial charge on any atom is -0.378 e. The molecule has 3 rings (SSSR count). The maximum Gasteiger partial charge on any atom is 0.312 e. The van der Waals surface area contributed by atoms with Crippen molar-refractivity contribution in [1.82, 2.24) is 19.7 Å². The molecule has 0 aromatic carbocycles. The van der Waals surface area contributed by atoms with Crippen molar-refractivity contribution in [1.29, 1.82) is 0 Å². The fourth-order valence-corrected chi connectivity index (χ4v) is 2.82. The molecule has 2 saturated heterocycles. The monoisotopic (exact) mass is 332 g/mol. The average molecular weight is 332 g/mol. The van der Waals surface area contributed by atoms with Gasteiger partial charge in [0, 0.05) is 51.7 Å². The molecule has 2 aliphatic rings. The van der Waals surface area contributed by atoms with Crippen molar-refractivity contribution in [2.45, 2.75) is 0 Å². The SMILES string of the molecule is O=C(C(=O)N1CCN(C(=O)c2cccnc2)CC1)N1CCOCC1. The van der Waals surface area contributed by atoms with Crippen LogP contribution < -0.4 is 0 Å². The second-order valence-corrected chi connectivity index (χ2v) is 5.73. The van der Waals surface area contributed by atoms with Gasteiger partial charge in [-0.15, -0.1) is 0 Å². The molecule has 0 radical (unpaired) electrons. The molecule has 0 saturated carbocycles. The highest BCUT2D eigenvalue weighted by atomic mass is 16.5. The number of aromatic nitrogens is 1. The van der Waals surface area contributed by atoms with E-state index in [1.165, 1.54) is 16.0 Å². The van der Waals surface area contributed by atoms with Gasteiger partial charge in [-0.3, -0.25) is 19.4 Å². The van der Waals surface area contributed by atoms with Crippen LogP contribution in [0.3, 0.4) is 0 Å². The normalized spacial score (nSPS) is 18.4. The van der Waals surface area contributed by atoms with E-state index in [-0.39, 0.29) is 5.91 Å². The average Bonchev–Trinajstić information content (AvgIpc) is 2.68. The van der Waals surface area contributed by atoms with Crippen molar-refractivity contribution in [3.8, 4) is 0 Å². The lowest BCUT2D eigenvalue weighted by Crippen LogP contribution is -2.55. The highest BCUT2D eigenvalue weighted by Crippen LogP contribution is 2.09. The molecule has 0 N–H and O–H groups in total. The minimum atomic E-state index is -0.495. The van der Waals surface area contributed by atoms with Crippen LogP contribution in [0.1, 0.15) is 10.4 Å². The fourth-order valence-electron chi connectivity index (χ4n) is 2.82. The third-order valence-corrected chi connectivity index (χ3v) is 4.24. The molecule has 1 aromatic heterocycles. The Morgan fingerprint density at radius 3 is 2.04 bits per heavy atom. The van der Waals surface area contributed by atoms with Gasteiger partial charge in [0.15, 0.2) is 0 Å². The van der Waals surface area contributed by atoms with Crippen molar-refractivity contribution in [3.05, 3.63) is 30.1 Å². The van der Waals surface area contributed by atoms with E-state index in [4.69, 9.17) is 4.74 Å². The third-order valence-electron chi connectivity index (χ3n) is 4.24. The van der Waals surface area contributed by atoms with Gasteiger partial charge >= 0.3 is 11.8 Å². The molecule has 0 atom stereocenters. The molecular weight excluding hydrogens is 312 g/mol. The molecule has 3 amide bonds. The summed E-state index contributed by atoms with van der Waals surface area (Å²) in [5.41, 5.74) is 0.529. The van der Waals surface area contributed by atoms with Gasteiger partial charge in [-0.2, -0.15) is 0 Å². The number of hydrogen-bond acceptors (Lipinski definition) is 5. The van der Waals surface area contributed by atoms with E-state index in [2.05, 4.69) is 4.98 Å². The number of amides is 3. The fraction of sp³-hybridized carbons (Fsp3) is 0.500. The highest BCUT2D eigenvalue weighted by Gasteiger charge is 2.31. The van der Waals surface area contributed by atoms with Crippen LogP contribution in [0.15, 0.2) is 24.5 Å². The van der Waals surface area contributed by atoms with E-state index in [0.29, 0.717) is 58.0 Å². The molecule has 24 heavy (non-hydrogen) atoms. The number of rotatable bonds is 1. The summed E-state index contributed by atoms with van der Waals surface area (Å²) in [5, 5.41) is 0. The van der Waals surface area contributed by atoms with E-state index < -0.39 is 11.8 Å². The summed E-state index contributed by atoms with van der Waals surface area (Å²) in [6.07, 6.45) is 3.15. The van der Waals surface area contributed by atoms with E-state index in [1.807, 2.05) is 0 Å². The van der Waals surface area contributed by atoms with E-state index in [0.717, 1.165) is 0 Å². The Labute approximate surface area is 140 Å². The van der Waals surface area contributed by atoms with Gasteiger partial charge in [0.25, 0.3) is 5.91 Å². The number of carbonyl (C=O) groups excluding carboxylic acids is 3. The van der Waals surface area contributed by atoms with Crippen LogP contribution in [0.25, 0.3) is 0 Å². The van der Waals surface area contributed by atoms with Crippen LogP contribution in [-0.4, -0.2) is 89.9 Å². The van der Waals surface area contributed by atoms with Crippen molar-refractivity contribution in [2.75, 3.05) is 52.5 Å². The Kier molecular flexibility index (Phi) is 5.05. The first-order valence-corrected chi connectivity index (χ1v) is 8.02. The summed E-state index contributed by atoms with van der Waals surface area (Å²) in [7, 11) is 0. The number of nitrogens with zero attached hydrogens (tertiary/aromatic N) is 4. The van der Waals surface area contributed by atoms with Crippen molar-refractivity contribution < 1.29 is 19.1 Å². The lowest BCUT2D eigenvalue weighted by Gasteiger charge is -2.35. The smallest absolute Gasteiger partial charge is 0.312 e. The largest absolute Gasteiger partial charge is 0.378 e. The molecule has 2 fully saturated rings. The Hall–Kier alpha value is -2.48. The van der Waals surface area contributed by atoms with Gasteiger partial charge in [0.05, 0.1) is 18.8 Å². The van der Waals surface area contributed by atoms with Gasteiger partial charge in [-0.05, 0) is 12.1 Å². The number of morpholine rings is 1. The van der Waals surface area contributed by atoms with Gasteiger partial charge < -0.3 is 19.4 Å². The maximum absolute atomic E-state index is 12.4. The summed E-state index contributed by atoms with van der Waals surface area (Å²) in [5.74, 6) is -1.08. The Bertz CT molecular complexity index is 608. The summed E-state index contributed by atoms with van der Waals surface area (Å²) in [6, 6.07) is 3.43. The molecule has 8 heteroatoms. The summed E-state index contributed by atoms with van der Waals surface area (Å²) in [6.45, 7) is 3.38. The summed E-state index contributed by atoms with van der Waals surface area (Å²) in [4.78, 5) is 45.6. The second kappa shape index (κ2) is 7.39. The van der Waals surface area contributed by atoms with Crippen molar-refractivity contribution in [3.63, 3.8) is 0 Å². The van der Waals surface area contributed by atoms with Crippen LogP contribution in [0.5, 0.6) is 0 Å². The van der Waals surface area contributed by atoms with Crippen LogP contribution >= 0.6 is 0 Å². The van der Waals surface area contributed by atoms with E-state index in [9.17, 15) is 14.4 Å². The standard InChI is InChI=1S/C16H20N4O4/c21-14(13-2-1-3-17-12-13)18-4-6-19(7-5-18)15(22)16(23)20-8-10-24-11-9-20/h1-3,12H,4-11H2. The van der Waals surface area contributed by atoms with Gasteiger partial charge in [-0.25, -0.2) is 0 Å². The summed E-state index contributed by atoms with van der Waals surface area (Å²) >= 11 is 0. The Morgan fingerprint density at radius 1 is 0.875 bits per heavy atom. The lowest BCUT2D eigenvalue weighted by molar-refractivity contribution is -0.154. The molecule has 0 unspecified atom stereocenters. The predicted molar refractivity (Wildman–Crippen MR) is 84.1 cm³/mol. The molecule has 2 aliphatic heterocycles. The van der Waals surface area contributed by atoms with Crippen molar-refractivity contribution >= 4 is 17.7 Å². The maximum atomic E-state index is 12.4. The number of hydrogen-bond donors (Lipinski definition) is 0. The molecular formula is C16H20N4O4. The second-order valence-electron chi connectivity index (χ2n) is 5.73. The van der Waals surface area contributed by atoms with Crippen LogP contribution in [0, 0.1) is 0 Å². The van der Waals surface area contributed by atoms with Gasteiger partial charge in [0.1, 0.15) is 0 Å². The molecule has 0 spiro atoms. The molecule has 8 nitrogen and oxygen atoms in total. The first-order valence-electron chi connectivity index (χ1n) is 8.02.